The maximum absolute atomic E-state index is 10.9. The van der Waals surface area contributed by atoms with Gasteiger partial charge < -0.3 is 14.1 Å². The Morgan fingerprint density at radius 1 is 0.903 bits per heavy atom. The summed E-state index contributed by atoms with van der Waals surface area (Å²) in [5, 5.41) is 13.3. The largest absolute Gasteiger partial charge is 0.467 e. The molecule has 4 aromatic rings. The Bertz CT molecular complexity index is 1180. The third-order valence-corrected chi connectivity index (χ3v) is 7.71. The Morgan fingerprint density at radius 3 is 2.32 bits per heavy atom. The number of aliphatic hydroxyl groups excluding tert-OH is 1. The lowest BCUT2D eigenvalue weighted by atomic mass is 10.2. The van der Waals surface area contributed by atoms with Crippen LogP contribution in [0.4, 0.5) is 0 Å². The smallest absolute Gasteiger partial charge is 0.131 e. The second-order valence-corrected chi connectivity index (χ2v) is 9.91. The lowest BCUT2D eigenvalue weighted by Gasteiger charge is -2.42. The van der Waals surface area contributed by atoms with Gasteiger partial charge in [-0.1, -0.05) is 50.1 Å². The molecule has 1 fully saturated rings. The quantitative estimate of drug-likeness (QED) is 0.256. The zero-order valence-corrected chi connectivity index (χ0v) is 20.5. The van der Waals surface area contributed by atoms with Crippen molar-refractivity contribution in [3.63, 3.8) is 0 Å². The fourth-order valence-corrected chi connectivity index (χ4v) is 5.81. The second-order valence-electron chi connectivity index (χ2n) is 8.13. The molecule has 0 bridgehead atoms. The summed E-state index contributed by atoms with van der Waals surface area (Å²) in [4.78, 5) is 4.84. The monoisotopic (exact) mass is 545 g/mol. The van der Waals surface area contributed by atoms with Crippen LogP contribution >= 0.6 is 31.9 Å². The van der Waals surface area contributed by atoms with Crippen molar-refractivity contribution in [3.05, 3.63) is 71.1 Å². The molecule has 7 heteroatoms. The summed E-state index contributed by atoms with van der Waals surface area (Å²) in [6.07, 6.45) is 1.06. The van der Waals surface area contributed by atoms with E-state index in [9.17, 15) is 5.11 Å². The minimum absolute atomic E-state index is 0.0697. The summed E-state index contributed by atoms with van der Waals surface area (Å²) >= 11 is 7.40. The van der Waals surface area contributed by atoms with Crippen molar-refractivity contribution in [2.45, 2.75) is 24.1 Å². The van der Waals surface area contributed by atoms with Crippen LogP contribution in [-0.2, 0) is 0 Å². The molecule has 1 aliphatic heterocycles. The molecule has 2 aromatic heterocycles. The molecular weight excluding hydrogens is 522 g/mol. The number of piperazine rings is 1. The van der Waals surface area contributed by atoms with Crippen molar-refractivity contribution in [2.75, 3.05) is 26.2 Å². The van der Waals surface area contributed by atoms with Crippen LogP contribution in [0.25, 0.3) is 21.8 Å². The average Bonchev–Trinajstić information content (AvgIpc) is 3.41. The zero-order chi connectivity index (χ0) is 21.5. The predicted molar refractivity (Wildman–Crippen MR) is 131 cm³/mol. The van der Waals surface area contributed by atoms with Gasteiger partial charge in [-0.05, 0) is 43.3 Å². The van der Waals surface area contributed by atoms with Crippen molar-refractivity contribution in [3.8, 4) is 0 Å². The van der Waals surface area contributed by atoms with Gasteiger partial charge >= 0.3 is 0 Å². The van der Waals surface area contributed by atoms with Gasteiger partial charge in [-0.3, -0.25) is 9.80 Å². The molecule has 0 saturated carbocycles. The van der Waals surface area contributed by atoms with Gasteiger partial charge in [-0.2, -0.15) is 0 Å². The average molecular weight is 547 g/mol. The van der Waals surface area contributed by atoms with Crippen LogP contribution in [0, 0.1) is 0 Å². The van der Waals surface area contributed by atoms with Crippen molar-refractivity contribution in [1.29, 1.82) is 0 Å². The molecule has 5 nitrogen and oxygen atoms in total. The summed E-state index contributed by atoms with van der Waals surface area (Å²) < 4.78 is 8.95. The van der Waals surface area contributed by atoms with Crippen molar-refractivity contribution >= 4 is 53.7 Å². The molecule has 1 aliphatic rings. The maximum Gasteiger partial charge on any atom is 0.131 e. The first-order valence-electron chi connectivity index (χ1n) is 10.6. The summed E-state index contributed by atoms with van der Waals surface area (Å²) in [6, 6.07) is 18.8. The van der Waals surface area contributed by atoms with Crippen molar-refractivity contribution in [1.82, 2.24) is 14.4 Å². The number of aromatic nitrogens is 1. The van der Waals surface area contributed by atoms with E-state index < -0.39 is 6.10 Å². The van der Waals surface area contributed by atoms with Gasteiger partial charge in [0.25, 0.3) is 0 Å². The number of benzene rings is 2. The van der Waals surface area contributed by atoms with Crippen LogP contribution in [0.3, 0.4) is 0 Å². The summed E-state index contributed by atoms with van der Waals surface area (Å²) in [5.41, 5.74) is 2.30. The number of fused-ring (bicyclic) bond motifs is 3. The SMILES string of the molecule is CC(O)C(N1CCN(C(Br)c2ccco2)CC1)n1c2ccccc2c2cc(Br)ccc21. The van der Waals surface area contributed by atoms with Crippen molar-refractivity contribution < 1.29 is 9.52 Å². The van der Waals surface area contributed by atoms with E-state index in [1.54, 1.807) is 6.26 Å². The van der Waals surface area contributed by atoms with Crippen LogP contribution < -0.4 is 0 Å². The Morgan fingerprint density at radius 2 is 1.61 bits per heavy atom. The van der Waals surface area contributed by atoms with E-state index in [2.05, 4.69) is 88.7 Å². The Labute approximate surface area is 198 Å². The first-order valence-corrected chi connectivity index (χ1v) is 12.3. The highest BCUT2D eigenvalue weighted by Gasteiger charge is 2.32. The van der Waals surface area contributed by atoms with E-state index in [0.717, 1.165) is 47.4 Å². The number of aliphatic hydroxyl groups is 1. The summed E-state index contributed by atoms with van der Waals surface area (Å²) in [7, 11) is 0. The molecular formula is C24H25Br2N3O2. The lowest BCUT2D eigenvalue weighted by Crippen LogP contribution is -2.51. The van der Waals surface area contributed by atoms with Gasteiger partial charge in [0.2, 0.25) is 0 Å². The van der Waals surface area contributed by atoms with Gasteiger partial charge in [0.1, 0.15) is 16.9 Å². The molecule has 162 valence electrons. The highest BCUT2D eigenvalue weighted by molar-refractivity contribution is 9.10. The number of nitrogens with zero attached hydrogens (tertiary/aromatic N) is 3. The normalized spacial score (nSPS) is 19.1. The molecule has 5 rings (SSSR count). The number of halogens is 2. The topological polar surface area (TPSA) is 44.8 Å². The van der Waals surface area contributed by atoms with Crippen LogP contribution in [0.5, 0.6) is 0 Å². The zero-order valence-electron chi connectivity index (χ0n) is 17.3. The molecule has 31 heavy (non-hydrogen) atoms. The van der Waals surface area contributed by atoms with Gasteiger partial charge in [-0.15, -0.1) is 0 Å². The molecule has 3 atom stereocenters. The maximum atomic E-state index is 10.9. The van der Waals surface area contributed by atoms with Gasteiger partial charge in [0.05, 0.1) is 23.4 Å². The van der Waals surface area contributed by atoms with E-state index in [4.69, 9.17) is 4.42 Å². The minimum atomic E-state index is -0.515. The van der Waals surface area contributed by atoms with E-state index in [1.807, 2.05) is 19.1 Å². The standard InChI is InChI=1S/C24H25Br2N3O2/c1-16(30)24(28-12-10-27(11-13-28)23(26)22-7-4-14-31-22)29-20-6-3-2-5-18(20)19-15-17(25)8-9-21(19)29/h2-9,14-16,23-24,30H,10-13H2,1H3. The van der Waals surface area contributed by atoms with E-state index in [-0.39, 0.29) is 11.1 Å². The Kier molecular flexibility index (Phi) is 5.96. The fourth-order valence-electron chi connectivity index (χ4n) is 4.78. The molecule has 0 amide bonds. The third kappa shape index (κ3) is 3.87. The van der Waals surface area contributed by atoms with E-state index >= 15 is 0 Å². The number of rotatable bonds is 5. The van der Waals surface area contributed by atoms with E-state index in [0.29, 0.717) is 0 Å². The number of furan rings is 1. The number of para-hydroxylation sites is 1. The van der Waals surface area contributed by atoms with Crippen molar-refractivity contribution in [2.24, 2.45) is 0 Å². The van der Waals surface area contributed by atoms with Crippen LogP contribution in [0.15, 0.2) is 69.8 Å². The Hall–Kier alpha value is -1.64. The molecule has 0 spiro atoms. The molecule has 1 N–H and O–H groups in total. The first-order chi connectivity index (χ1) is 15.0. The molecule has 2 aromatic carbocycles. The second kappa shape index (κ2) is 8.71. The van der Waals surface area contributed by atoms with Crippen LogP contribution in [0.2, 0.25) is 0 Å². The molecule has 3 unspecified atom stereocenters. The fraction of sp³-hybridized carbons (Fsp3) is 0.333. The summed E-state index contributed by atoms with van der Waals surface area (Å²) in [5.74, 6) is 0.925. The number of hydrogen-bond donors (Lipinski definition) is 1. The number of hydrogen-bond acceptors (Lipinski definition) is 4. The molecule has 3 heterocycles. The molecule has 1 saturated heterocycles. The van der Waals surface area contributed by atoms with Gasteiger partial charge in [0, 0.05) is 41.4 Å². The molecule has 0 aliphatic carbocycles. The Balaban J connectivity index is 1.49. The van der Waals surface area contributed by atoms with Gasteiger partial charge in [0.15, 0.2) is 0 Å². The predicted octanol–water partition coefficient (Wildman–Crippen LogP) is 5.74. The van der Waals surface area contributed by atoms with Crippen LogP contribution in [0.1, 0.15) is 23.8 Å². The minimum Gasteiger partial charge on any atom is -0.467 e. The number of alkyl halides is 1. The first kappa shape index (κ1) is 21.2. The van der Waals surface area contributed by atoms with Crippen LogP contribution in [-0.4, -0.2) is 51.8 Å². The lowest BCUT2D eigenvalue weighted by molar-refractivity contribution is -0.00803. The highest BCUT2D eigenvalue weighted by Crippen LogP contribution is 2.37. The third-order valence-electron chi connectivity index (χ3n) is 6.19. The van der Waals surface area contributed by atoms with Gasteiger partial charge in [-0.25, -0.2) is 0 Å². The molecule has 0 radical (unpaired) electrons. The highest BCUT2D eigenvalue weighted by atomic mass is 79.9. The van der Waals surface area contributed by atoms with E-state index in [1.165, 1.54) is 10.8 Å². The summed E-state index contributed by atoms with van der Waals surface area (Å²) in [6.45, 7) is 5.41.